The third-order valence-corrected chi connectivity index (χ3v) is 3.79. The summed E-state index contributed by atoms with van der Waals surface area (Å²) in [6, 6.07) is 16.8. The Bertz CT molecular complexity index is 846. The molecule has 0 aromatic heterocycles. The van der Waals surface area contributed by atoms with Crippen molar-refractivity contribution < 1.29 is 9.53 Å². The lowest BCUT2D eigenvalue weighted by Crippen LogP contribution is -2.24. The molecule has 1 heterocycles. The number of carbonyl (C=O) groups is 1. The van der Waals surface area contributed by atoms with E-state index >= 15 is 0 Å². The van der Waals surface area contributed by atoms with Gasteiger partial charge in [0, 0.05) is 12.1 Å². The first-order valence-corrected chi connectivity index (χ1v) is 7.77. The number of nitrogens with one attached hydrogen (secondary N) is 1. The predicted octanol–water partition coefficient (Wildman–Crippen LogP) is 3.95. The van der Waals surface area contributed by atoms with Crippen molar-refractivity contribution >= 4 is 17.7 Å². The fraction of sp³-hybridized carbons (Fsp3) is 0.200. The van der Waals surface area contributed by atoms with Crippen LogP contribution in [0.5, 0.6) is 5.75 Å². The van der Waals surface area contributed by atoms with Crippen LogP contribution in [0.15, 0.2) is 54.1 Å². The van der Waals surface area contributed by atoms with Gasteiger partial charge in [-0.05, 0) is 55.3 Å². The van der Waals surface area contributed by atoms with Crippen molar-refractivity contribution in [3.8, 4) is 11.8 Å². The number of carbonyl (C=O) groups excluding carboxylic acids is 1. The quantitative estimate of drug-likeness (QED) is 0.688. The van der Waals surface area contributed by atoms with Crippen LogP contribution in [0, 0.1) is 11.3 Å². The van der Waals surface area contributed by atoms with Crippen LogP contribution in [0.25, 0.3) is 6.08 Å². The second-order valence-corrected chi connectivity index (χ2v) is 6.40. The van der Waals surface area contributed by atoms with Crippen LogP contribution in [0.2, 0.25) is 0 Å². The summed E-state index contributed by atoms with van der Waals surface area (Å²) in [4.78, 5) is 12.3. The van der Waals surface area contributed by atoms with E-state index in [1.165, 1.54) is 0 Å². The average molecular weight is 318 g/mol. The highest BCUT2D eigenvalue weighted by atomic mass is 16.5. The van der Waals surface area contributed by atoms with Crippen LogP contribution in [0.4, 0.5) is 5.69 Å². The van der Waals surface area contributed by atoms with Gasteiger partial charge in [-0.1, -0.05) is 24.3 Å². The van der Waals surface area contributed by atoms with Gasteiger partial charge in [0.2, 0.25) is 0 Å². The van der Waals surface area contributed by atoms with Gasteiger partial charge in [0.1, 0.15) is 23.0 Å². The third-order valence-electron chi connectivity index (χ3n) is 3.79. The summed E-state index contributed by atoms with van der Waals surface area (Å²) >= 11 is 0. The molecule has 24 heavy (non-hydrogen) atoms. The number of anilines is 1. The van der Waals surface area contributed by atoms with Gasteiger partial charge in [0.25, 0.3) is 5.91 Å². The van der Waals surface area contributed by atoms with Crippen LogP contribution in [-0.2, 0) is 11.2 Å². The molecule has 3 rings (SSSR count). The minimum atomic E-state index is -0.416. The van der Waals surface area contributed by atoms with Gasteiger partial charge in [0.05, 0.1) is 0 Å². The van der Waals surface area contributed by atoms with E-state index in [0.29, 0.717) is 5.69 Å². The number of amides is 1. The minimum Gasteiger partial charge on any atom is -0.487 e. The maximum absolute atomic E-state index is 12.3. The zero-order valence-electron chi connectivity index (χ0n) is 13.7. The monoisotopic (exact) mass is 318 g/mol. The van der Waals surface area contributed by atoms with Gasteiger partial charge in [-0.25, -0.2) is 0 Å². The molecule has 4 nitrogen and oxygen atoms in total. The molecule has 0 radical (unpaired) electrons. The highest BCUT2D eigenvalue weighted by Crippen LogP contribution is 2.35. The fourth-order valence-corrected chi connectivity index (χ4v) is 2.75. The van der Waals surface area contributed by atoms with Gasteiger partial charge >= 0.3 is 0 Å². The second-order valence-electron chi connectivity index (χ2n) is 6.40. The van der Waals surface area contributed by atoms with Crippen LogP contribution >= 0.6 is 0 Å². The number of nitriles is 1. The zero-order valence-corrected chi connectivity index (χ0v) is 13.7. The number of rotatable bonds is 3. The zero-order chi connectivity index (χ0) is 17.2. The molecule has 1 aliphatic heterocycles. The standard InChI is InChI=1S/C20H18N2O2/c1-20(2)12-15-10-14(8-9-18(15)24-20)11-16(13-21)19(23)22-17-6-4-3-5-7-17/h3-11H,12H2,1-2H3,(H,22,23)/b16-11+. The Hall–Kier alpha value is -3.06. The summed E-state index contributed by atoms with van der Waals surface area (Å²) < 4.78 is 5.84. The first-order valence-electron chi connectivity index (χ1n) is 7.77. The molecule has 0 saturated heterocycles. The molecular formula is C20H18N2O2. The lowest BCUT2D eigenvalue weighted by atomic mass is 9.99. The summed E-state index contributed by atoms with van der Waals surface area (Å²) in [6.45, 7) is 4.08. The van der Waals surface area contributed by atoms with Crippen molar-refractivity contribution in [1.82, 2.24) is 0 Å². The summed E-state index contributed by atoms with van der Waals surface area (Å²) in [6.07, 6.45) is 2.41. The molecule has 1 aliphatic rings. The van der Waals surface area contributed by atoms with Gasteiger partial charge < -0.3 is 10.1 Å². The lowest BCUT2D eigenvalue weighted by molar-refractivity contribution is -0.112. The number of nitrogens with zero attached hydrogens (tertiary/aromatic N) is 1. The molecule has 4 heteroatoms. The van der Waals surface area contributed by atoms with Gasteiger partial charge in [-0.3, -0.25) is 4.79 Å². The lowest BCUT2D eigenvalue weighted by Gasteiger charge is -2.16. The van der Waals surface area contributed by atoms with Crippen molar-refractivity contribution in [2.45, 2.75) is 25.9 Å². The van der Waals surface area contributed by atoms with Crippen molar-refractivity contribution in [2.75, 3.05) is 5.32 Å². The summed E-state index contributed by atoms with van der Waals surface area (Å²) in [5.74, 6) is 0.449. The number of benzene rings is 2. The van der Waals surface area contributed by atoms with E-state index in [0.717, 1.165) is 23.3 Å². The van der Waals surface area contributed by atoms with E-state index in [1.54, 1.807) is 18.2 Å². The SMILES string of the molecule is CC1(C)Cc2cc(/C=C(\C#N)C(=O)Nc3ccccc3)ccc2O1. The molecule has 0 unspecified atom stereocenters. The highest BCUT2D eigenvalue weighted by Gasteiger charge is 2.29. The Morgan fingerprint density at radius 1 is 1.25 bits per heavy atom. The van der Waals surface area contributed by atoms with Gasteiger partial charge in [0.15, 0.2) is 0 Å². The first-order chi connectivity index (χ1) is 11.5. The predicted molar refractivity (Wildman–Crippen MR) is 93.5 cm³/mol. The number of para-hydroxylation sites is 1. The van der Waals surface area contributed by atoms with E-state index in [2.05, 4.69) is 5.32 Å². The van der Waals surface area contributed by atoms with Gasteiger partial charge in [-0.15, -0.1) is 0 Å². The molecule has 0 atom stereocenters. The Labute approximate surface area is 141 Å². The molecule has 0 bridgehead atoms. The largest absolute Gasteiger partial charge is 0.487 e. The third kappa shape index (κ3) is 3.47. The highest BCUT2D eigenvalue weighted by molar-refractivity contribution is 6.09. The Balaban J connectivity index is 1.82. The Kier molecular flexibility index (Phi) is 4.09. The second kappa shape index (κ2) is 6.21. The first kappa shape index (κ1) is 15.8. The fourth-order valence-electron chi connectivity index (χ4n) is 2.75. The number of hydrogen-bond acceptors (Lipinski definition) is 3. The summed E-state index contributed by atoms with van der Waals surface area (Å²) in [5, 5.41) is 12.0. The molecule has 2 aromatic carbocycles. The topological polar surface area (TPSA) is 62.1 Å². The number of ether oxygens (including phenoxy) is 1. The van der Waals surface area contributed by atoms with E-state index in [1.807, 2.05) is 56.3 Å². The summed E-state index contributed by atoms with van der Waals surface area (Å²) in [7, 11) is 0. The number of hydrogen-bond donors (Lipinski definition) is 1. The Morgan fingerprint density at radius 3 is 2.71 bits per heavy atom. The Morgan fingerprint density at radius 2 is 2.00 bits per heavy atom. The molecule has 0 aliphatic carbocycles. The molecule has 0 spiro atoms. The molecule has 120 valence electrons. The minimum absolute atomic E-state index is 0.0666. The van der Waals surface area contributed by atoms with E-state index in [-0.39, 0.29) is 11.2 Å². The average Bonchev–Trinajstić information content (AvgIpc) is 2.86. The molecule has 2 aromatic rings. The van der Waals surface area contributed by atoms with Crippen LogP contribution in [0.1, 0.15) is 25.0 Å². The van der Waals surface area contributed by atoms with Crippen molar-refractivity contribution in [1.29, 1.82) is 5.26 Å². The number of fused-ring (bicyclic) bond motifs is 1. The van der Waals surface area contributed by atoms with Crippen LogP contribution < -0.4 is 10.1 Å². The van der Waals surface area contributed by atoms with Crippen LogP contribution in [-0.4, -0.2) is 11.5 Å². The maximum atomic E-state index is 12.3. The van der Waals surface area contributed by atoms with Crippen LogP contribution in [0.3, 0.4) is 0 Å². The smallest absolute Gasteiger partial charge is 0.266 e. The maximum Gasteiger partial charge on any atom is 0.266 e. The van der Waals surface area contributed by atoms with Crippen molar-refractivity contribution in [3.05, 3.63) is 65.2 Å². The van der Waals surface area contributed by atoms with Gasteiger partial charge in [-0.2, -0.15) is 5.26 Å². The van der Waals surface area contributed by atoms with Crippen molar-refractivity contribution in [3.63, 3.8) is 0 Å². The normalized spacial score (nSPS) is 15.1. The van der Waals surface area contributed by atoms with E-state index in [9.17, 15) is 10.1 Å². The molecular weight excluding hydrogens is 300 g/mol. The summed E-state index contributed by atoms with van der Waals surface area (Å²) in [5.41, 5.74) is 2.42. The molecule has 1 N–H and O–H groups in total. The van der Waals surface area contributed by atoms with E-state index in [4.69, 9.17) is 4.74 Å². The van der Waals surface area contributed by atoms with E-state index < -0.39 is 5.91 Å². The molecule has 0 fully saturated rings. The molecule has 1 amide bonds. The van der Waals surface area contributed by atoms with Crippen molar-refractivity contribution in [2.24, 2.45) is 0 Å². The molecule has 0 saturated carbocycles.